The third-order valence-electron chi connectivity index (χ3n) is 5.17. The van der Waals surface area contributed by atoms with Crippen LogP contribution in [0.2, 0.25) is 0 Å². The van der Waals surface area contributed by atoms with E-state index in [1.165, 1.54) is 11.1 Å². The summed E-state index contributed by atoms with van der Waals surface area (Å²) >= 11 is 0. The summed E-state index contributed by atoms with van der Waals surface area (Å²) in [6.45, 7) is 4.16. The van der Waals surface area contributed by atoms with E-state index in [0.717, 1.165) is 17.2 Å². The van der Waals surface area contributed by atoms with E-state index in [2.05, 4.69) is 97.6 Å². The maximum absolute atomic E-state index is 6.32. The normalized spacial score (nSPS) is 18.6. The predicted molar refractivity (Wildman–Crippen MR) is 118 cm³/mol. The highest BCUT2D eigenvalue weighted by Crippen LogP contribution is 2.47. The van der Waals surface area contributed by atoms with Crippen LogP contribution in [0.15, 0.2) is 96.8 Å². The lowest BCUT2D eigenvalue weighted by atomic mass is 10.0. The fourth-order valence-electron chi connectivity index (χ4n) is 3.93. The van der Waals surface area contributed by atoms with Crippen LogP contribution in [0.25, 0.3) is 0 Å². The van der Waals surface area contributed by atoms with Crippen LogP contribution in [0.3, 0.4) is 0 Å². The number of nitrogens with zero attached hydrogens (tertiary/aromatic N) is 1. The zero-order valence-electron chi connectivity index (χ0n) is 17.2. The van der Waals surface area contributed by atoms with Crippen LogP contribution in [0.5, 0.6) is 5.75 Å². The van der Waals surface area contributed by atoms with Crippen molar-refractivity contribution in [1.29, 1.82) is 0 Å². The molecule has 0 saturated heterocycles. The lowest BCUT2D eigenvalue weighted by molar-refractivity contribution is 0.136. The number of ether oxygens (including phenoxy) is 2. The van der Waals surface area contributed by atoms with Crippen molar-refractivity contribution in [1.82, 2.24) is 0 Å². The van der Waals surface area contributed by atoms with Gasteiger partial charge in [-0.1, -0.05) is 60.7 Å². The topological polar surface area (TPSA) is 21.7 Å². The highest BCUT2D eigenvalue weighted by Gasteiger charge is 2.38. The van der Waals surface area contributed by atoms with Crippen LogP contribution in [-0.2, 0) is 4.74 Å². The molecule has 148 valence electrons. The van der Waals surface area contributed by atoms with E-state index < -0.39 is 0 Å². The van der Waals surface area contributed by atoms with Crippen molar-refractivity contribution < 1.29 is 9.47 Å². The summed E-state index contributed by atoms with van der Waals surface area (Å²) in [6.07, 6.45) is 2.37. The molecule has 3 heteroatoms. The van der Waals surface area contributed by atoms with Crippen molar-refractivity contribution in [2.24, 2.45) is 0 Å². The molecule has 0 spiro atoms. The average Bonchev–Trinajstić information content (AvgIpc) is 3.13. The predicted octanol–water partition coefficient (Wildman–Crippen LogP) is 6.31. The van der Waals surface area contributed by atoms with Crippen molar-refractivity contribution in [2.75, 3.05) is 12.0 Å². The molecule has 0 aromatic heterocycles. The molecule has 1 aliphatic heterocycles. The number of benzene rings is 3. The minimum atomic E-state index is 0.0113. The molecule has 0 fully saturated rings. The first-order valence-corrected chi connectivity index (χ1v) is 10.1. The number of hydrogen-bond acceptors (Lipinski definition) is 3. The molecule has 1 aliphatic rings. The third kappa shape index (κ3) is 4.00. The Morgan fingerprint density at radius 1 is 0.759 bits per heavy atom. The van der Waals surface area contributed by atoms with Gasteiger partial charge in [0.15, 0.2) is 0 Å². The number of methoxy groups -OCH3 is 1. The first-order chi connectivity index (χ1) is 14.2. The fraction of sp³-hybridized carbons (Fsp3) is 0.231. The molecule has 3 aromatic rings. The van der Waals surface area contributed by atoms with Gasteiger partial charge in [-0.3, -0.25) is 0 Å². The minimum absolute atomic E-state index is 0.0113. The minimum Gasteiger partial charge on any atom is -0.497 e. The van der Waals surface area contributed by atoms with E-state index in [9.17, 15) is 0 Å². The molecule has 0 aliphatic carbocycles. The van der Waals surface area contributed by atoms with Crippen LogP contribution in [0.4, 0.5) is 5.69 Å². The molecule has 0 saturated carbocycles. The van der Waals surface area contributed by atoms with E-state index in [1.54, 1.807) is 7.11 Å². The largest absolute Gasteiger partial charge is 0.497 e. The van der Waals surface area contributed by atoms with Crippen LogP contribution in [0.1, 0.15) is 37.1 Å². The van der Waals surface area contributed by atoms with Crippen LogP contribution >= 0.6 is 0 Å². The van der Waals surface area contributed by atoms with Gasteiger partial charge in [0.2, 0.25) is 0 Å². The Morgan fingerprint density at radius 3 is 1.90 bits per heavy atom. The summed E-state index contributed by atoms with van der Waals surface area (Å²) in [7, 11) is 1.69. The Bertz CT molecular complexity index is 949. The smallest absolute Gasteiger partial charge is 0.122 e. The molecule has 3 nitrogen and oxygen atoms in total. The quantitative estimate of drug-likeness (QED) is 0.496. The average molecular weight is 386 g/mol. The molecule has 1 heterocycles. The number of rotatable bonds is 6. The van der Waals surface area contributed by atoms with Gasteiger partial charge in [0.25, 0.3) is 0 Å². The van der Waals surface area contributed by atoms with Gasteiger partial charge >= 0.3 is 0 Å². The first-order valence-electron chi connectivity index (χ1n) is 10.1. The van der Waals surface area contributed by atoms with Crippen LogP contribution < -0.4 is 9.64 Å². The van der Waals surface area contributed by atoms with Gasteiger partial charge in [0.05, 0.1) is 19.3 Å². The van der Waals surface area contributed by atoms with Crippen molar-refractivity contribution in [3.05, 3.63) is 108 Å². The van der Waals surface area contributed by atoms with E-state index in [-0.39, 0.29) is 18.2 Å². The summed E-state index contributed by atoms with van der Waals surface area (Å²) in [5, 5.41) is 0. The summed E-state index contributed by atoms with van der Waals surface area (Å²) in [5.74, 6) is 1.85. The molecular weight excluding hydrogens is 358 g/mol. The SMILES string of the molecule is COc1ccc(N2[C@@H](c3ccccc3)C=C(OC(C)C)[C@@H]2c2ccccc2)cc1. The monoisotopic (exact) mass is 385 g/mol. The van der Waals surface area contributed by atoms with Gasteiger partial charge in [0.1, 0.15) is 17.6 Å². The van der Waals surface area contributed by atoms with E-state index in [4.69, 9.17) is 9.47 Å². The van der Waals surface area contributed by atoms with Gasteiger partial charge < -0.3 is 14.4 Å². The summed E-state index contributed by atoms with van der Waals surface area (Å²) in [5.41, 5.74) is 3.59. The van der Waals surface area contributed by atoms with Crippen LogP contribution in [0, 0.1) is 0 Å². The molecule has 4 rings (SSSR count). The first kappa shape index (κ1) is 19.1. The molecule has 0 bridgehead atoms. The molecular formula is C26H27NO2. The Balaban J connectivity index is 1.84. The second-order valence-corrected chi connectivity index (χ2v) is 7.51. The molecule has 0 unspecified atom stereocenters. The third-order valence-corrected chi connectivity index (χ3v) is 5.17. The molecule has 2 atom stereocenters. The molecule has 0 amide bonds. The summed E-state index contributed by atoms with van der Waals surface area (Å²) in [4.78, 5) is 2.43. The van der Waals surface area contributed by atoms with Gasteiger partial charge in [-0.2, -0.15) is 0 Å². The van der Waals surface area contributed by atoms with Crippen molar-refractivity contribution >= 4 is 5.69 Å². The summed E-state index contributed by atoms with van der Waals surface area (Å²) in [6, 6.07) is 29.5. The van der Waals surface area contributed by atoms with E-state index in [1.807, 2.05) is 12.1 Å². The molecule has 0 N–H and O–H groups in total. The van der Waals surface area contributed by atoms with Crippen molar-refractivity contribution in [3.8, 4) is 5.75 Å². The summed E-state index contributed by atoms with van der Waals surface area (Å²) < 4.78 is 11.7. The number of anilines is 1. The van der Waals surface area contributed by atoms with E-state index in [0.29, 0.717) is 0 Å². The maximum Gasteiger partial charge on any atom is 0.122 e. The Labute approximate surface area is 173 Å². The lowest BCUT2D eigenvalue weighted by Crippen LogP contribution is -2.28. The van der Waals surface area contributed by atoms with Gasteiger partial charge in [-0.25, -0.2) is 0 Å². The molecule has 29 heavy (non-hydrogen) atoms. The maximum atomic E-state index is 6.32. The Kier molecular flexibility index (Phi) is 5.57. The highest BCUT2D eigenvalue weighted by molar-refractivity contribution is 5.59. The van der Waals surface area contributed by atoms with E-state index >= 15 is 0 Å². The second-order valence-electron chi connectivity index (χ2n) is 7.51. The van der Waals surface area contributed by atoms with Gasteiger partial charge in [0, 0.05) is 5.69 Å². The second kappa shape index (κ2) is 8.44. The van der Waals surface area contributed by atoms with Crippen molar-refractivity contribution in [2.45, 2.75) is 32.0 Å². The highest BCUT2D eigenvalue weighted by atomic mass is 16.5. The molecule has 0 radical (unpaired) electrons. The van der Waals surface area contributed by atoms with Gasteiger partial charge in [-0.15, -0.1) is 0 Å². The van der Waals surface area contributed by atoms with Crippen molar-refractivity contribution in [3.63, 3.8) is 0 Å². The van der Waals surface area contributed by atoms with Gasteiger partial charge in [-0.05, 0) is 55.3 Å². The fourth-order valence-corrected chi connectivity index (χ4v) is 3.93. The zero-order valence-corrected chi connectivity index (χ0v) is 17.2. The molecule has 3 aromatic carbocycles. The Morgan fingerprint density at radius 2 is 1.34 bits per heavy atom. The van der Waals surface area contributed by atoms with Crippen LogP contribution in [-0.4, -0.2) is 13.2 Å². The number of hydrogen-bond donors (Lipinski definition) is 0. The lowest BCUT2D eigenvalue weighted by Gasteiger charge is -2.34. The standard InChI is InChI=1S/C26H27NO2/c1-19(2)29-25-18-24(20-10-6-4-7-11-20)27(22-14-16-23(28-3)17-15-22)26(25)21-12-8-5-9-13-21/h4-19,24,26H,1-3H3/t24-,26+/m1/s1. The zero-order chi connectivity index (χ0) is 20.2. The Hall–Kier alpha value is -3.20.